The predicted molar refractivity (Wildman–Crippen MR) is 97.7 cm³/mol. The number of aromatic nitrogens is 4. The third-order valence-corrected chi connectivity index (χ3v) is 3.76. The Balaban J connectivity index is 2.54. The molecule has 0 spiro atoms. The molecule has 0 atom stereocenters. The van der Waals surface area contributed by atoms with Gasteiger partial charge >= 0.3 is 0 Å². The number of amides is 1. The van der Waals surface area contributed by atoms with Crippen molar-refractivity contribution < 1.29 is 9.53 Å². The van der Waals surface area contributed by atoms with E-state index < -0.39 is 0 Å². The van der Waals surface area contributed by atoms with Crippen LogP contribution in [0.2, 0.25) is 0 Å². The van der Waals surface area contributed by atoms with Gasteiger partial charge in [0.05, 0.1) is 25.0 Å². The summed E-state index contributed by atoms with van der Waals surface area (Å²) in [6, 6.07) is 0. The van der Waals surface area contributed by atoms with Gasteiger partial charge in [-0.15, -0.1) is 0 Å². The second-order valence-electron chi connectivity index (χ2n) is 5.37. The van der Waals surface area contributed by atoms with E-state index in [4.69, 9.17) is 4.74 Å². The van der Waals surface area contributed by atoms with Crippen LogP contribution in [0.1, 0.15) is 31.3 Å². The summed E-state index contributed by atoms with van der Waals surface area (Å²) in [6.45, 7) is 5.76. The van der Waals surface area contributed by atoms with Crippen molar-refractivity contribution in [2.45, 2.75) is 20.8 Å². The maximum absolute atomic E-state index is 12.2. The summed E-state index contributed by atoms with van der Waals surface area (Å²) in [5.74, 6) is 0.667. The molecule has 3 N–H and O–H groups in total. The summed E-state index contributed by atoms with van der Waals surface area (Å²) in [7, 11) is 3.30. The zero-order valence-electron chi connectivity index (χ0n) is 15.0. The minimum atomic E-state index is -0.331. The Morgan fingerprint density at radius 3 is 2.72 bits per heavy atom. The molecular formula is C17H22N6O2. The summed E-state index contributed by atoms with van der Waals surface area (Å²) >= 11 is 0. The molecule has 1 amide bonds. The van der Waals surface area contributed by atoms with Crippen LogP contribution < -0.4 is 16.0 Å². The van der Waals surface area contributed by atoms with Gasteiger partial charge in [0.25, 0.3) is 5.91 Å². The SMILES string of the molecule is CN=C/C=C(C)/C(C)=c1\nc(NC(=O)c2cnc[nH]2)[nH]\c1=C(\C)OC. The largest absolute Gasteiger partial charge is 0.499 e. The standard InChI is InChI=1S/C17H22N6O2/c1-10(6-7-18-4)11(2)14-15(12(3)25-5)22-17(21-14)23-16(24)13-8-19-9-20-13/h6-9H,1-5H3,(H,19,20)(H2,21,22,23,24)/b10-6+,14-11-,15-12-,18-7?. The summed E-state index contributed by atoms with van der Waals surface area (Å²) < 4.78 is 5.34. The van der Waals surface area contributed by atoms with Crippen LogP contribution in [-0.4, -0.2) is 46.2 Å². The van der Waals surface area contributed by atoms with E-state index in [0.717, 1.165) is 11.1 Å². The molecule has 0 radical (unpaired) electrons. The molecule has 8 heteroatoms. The molecular weight excluding hydrogens is 320 g/mol. The van der Waals surface area contributed by atoms with Crippen LogP contribution in [0, 0.1) is 0 Å². The predicted octanol–water partition coefficient (Wildman–Crippen LogP) is 0.977. The van der Waals surface area contributed by atoms with Gasteiger partial charge in [0.2, 0.25) is 5.95 Å². The van der Waals surface area contributed by atoms with Crippen molar-refractivity contribution in [2.24, 2.45) is 4.99 Å². The Labute approximate surface area is 145 Å². The normalized spacial score (nSPS) is 14.5. The minimum absolute atomic E-state index is 0.331. The third kappa shape index (κ3) is 4.23. The highest BCUT2D eigenvalue weighted by Crippen LogP contribution is 2.06. The number of carbonyl (C=O) groups excluding carboxylic acids is 1. The van der Waals surface area contributed by atoms with Crippen molar-refractivity contribution in [3.63, 3.8) is 0 Å². The highest BCUT2D eigenvalue weighted by molar-refractivity contribution is 6.01. The molecule has 0 fully saturated rings. The van der Waals surface area contributed by atoms with Crippen LogP contribution in [0.4, 0.5) is 5.95 Å². The van der Waals surface area contributed by atoms with Crippen LogP contribution in [0.3, 0.4) is 0 Å². The van der Waals surface area contributed by atoms with Crippen LogP contribution >= 0.6 is 0 Å². The lowest BCUT2D eigenvalue weighted by molar-refractivity contribution is 0.102. The molecule has 0 aliphatic rings. The van der Waals surface area contributed by atoms with Gasteiger partial charge in [0, 0.05) is 13.3 Å². The molecule has 0 aliphatic carbocycles. The number of methoxy groups -OCH3 is 1. The van der Waals surface area contributed by atoms with E-state index in [-0.39, 0.29) is 5.91 Å². The lowest BCUT2D eigenvalue weighted by Crippen LogP contribution is -2.29. The molecule has 25 heavy (non-hydrogen) atoms. The molecule has 2 aromatic rings. The lowest BCUT2D eigenvalue weighted by atomic mass is 10.1. The number of aromatic amines is 2. The molecule has 8 nitrogen and oxygen atoms in total. The van der Waals surface area contributed by atoms with Crippen molar-refractivity contribution in [3.05, 3.63) is 40.6 Å². The van der Waals surface area contributed by atoms with Gasteiger partial charge in [-0.05, 0) is 38.0 Å². The van der Waals surface area contributed by atoms with Gasteiger partial charge < -0.3 is 14.7 Å². The van der Waals surface area contributed by atoms with E-state index in [1.54, 1.807) is 20.4 Å². The van der Waals surface area contributed by atoms with Crippen molar-refractivity contribution in [1.29, 1.82) is 0 Å². The number of carbonyl (C=O) groups is 1. The summed E-state index contributed by atoms with van der Waals surface area (Å²) in [6.07, 6.45) is 6.51. The average molecular weight is 342 g/mol. The van der Waals surface area contributed by atoms with Crippen molar-refractivity contribution in [3.8, 4) is 0 Å². The second-order valence-corrected chi connectivity index (χ2v) is 5.37. The molecule has 2 aromatic heterocycles. The van der Waals surface area contributed by atoms with E-state index in [1.807, 2.05) is 26.8 Å². The first kappa shape index (κ1) is 18.2. The molecule has 0 aliphatic heterocycles. The van der Waals surface area contributed by atoms with Crippen LogP contribution in [0.25, 0.3) is 11.3 Å². The molecule has 0 saturated heterocycles. The van der Waals surface area contributed by atoms with Gasteiger partial charge in [-0.25, -0.2) is 9.97 Å². The quantitative estimate of drug-likeness (QED) is 0.704. The number of aliphatic imine (C=N–C) groups is 1. The number of ether oxygens (including phenoxy) is 1. The molecule has 0 unspecified atom stereocenters. The van der Waals surface area contributed by atoms with Crippen molar-refractivity contribution >= 4 is 29.4 Å². The number of H-pyrrole nitrogens is 2. The molecule has 2 rings (SSSR count). The zero-order valence-corrected chi connectivity index (χ0v) is 15.0. The maximum atomic E-state index is 12.2. The highest BCUT2D eigenvalue weighted by Gasteiger charge is 2.11. The van der Waals surface area contributed by atoms with Crippen LogP contribution in [0.15, 0.2) is 29.2 Å². The first-order valence-corrected chi connectivity index (χ1v) is 7.68. The summed E-state index contributed by atoms with van der Waals surface area (Å²) in [4.78, 5) is 30.3. The Hall–Kier alpha value is -3.16. The van der Waals surface area contributed by atoms with Gasteiger partial charge in [-0.3, -0.25) is 15.1 Å². The number of nitrogens with zero attached hydrogens (tertiary/aromatic N) is 3. The molecule has 0 bridgehead atoms. The smallest absolute Gasteiger partial charge is 0.276 e. The van der Waals surface area contributed by atoms with Crippen molar-refractivity contribution in [2.75, 3.05) is 19.5 Å². The minimum Gasteiger partial charge on any atom is -0.499 e. The van der Waals surface area contributed by atoms with E-state index in [0.29, 0.717) is 28.1 Å². The number of rotatable bonds is 5. The first-order chi connectivity index (χ1) is 12.0. The van der Waals surface area contributed by atoms with Crippen LogP contribution in [-0.2, 0) is 4.74 Å². The van der Waals surface area contributed by atoms with Gasteiger partial charge in [0.15, 0.2) is 0 Å². The molecule has 2 heterocycles. The Morgan fingerprint density at radius 1 is 1.36 bits per heavy atom. The molecule has 0 aromatic carbocycles. The third-order valence-electron chi connectivity index (χ3n) is 3.76. The summed E-state index contributed by atoms with van der Waals surface area (Å²) in [5, 5.41) is 4.13. The van der Waals surface area contributed by atoms with Gasteiger partial charge in [-0.2, -0.15) is 0 Å². The number of imidazole rings is 2. The lowest BCUT2D eigenvalue weighted by Gasteiger charge is -1.99. The average Bonchev–Trinajstić information content (AvgIpc) is 3.28. The monoisotopic (exact) mass is 342 g/mol. The van der Waals surface area contributed by atoms with E-state index in [9.17, 15) is 4.79 Å². The van der Waals surface area contributed by atoms with Crippen LogP contribution in [0.5, 0.6) is 0 Å². The number of hydrogen-bond acceptors (Lipinski definition) is 5. The topological polar surface area (TPSA) is 108 Å². The first-order valence-electron chi connectivity index (χ1n) is 7.68. The molecule has 132 valence electrons. The number of anilines is 1. The Morgan fingerprint density at radius 2 is 2.12 bits per heavy atom. The van der Waals surface area contributed by atoms with E-state index in [2.05, 4.69) is 30.2 Å². The van der Waals surface area contributed by atoms with E-state index >= 15 is 0 Å². The van der Waals surface area contributed by atoms with Gasteiger partial charge in [-0.1, -0.05) is 0 Å². The fraction of sp³-hybridized carbons (Fsp3) is 0.294. The fourth-order valence-electron chi connectivity index (χ4n) is 2.11. The second kappa shape index (κ2) is 8.09. The van der Waals surface area contributed by atoms with E-state index in [1.165, 1.54) is 12.5 Å². The number of allylic oxidation sites excluding steroid dienone is 2. The molecule has 0 saturated carbocycles. The summed E-state index contributed by atoms with van der Waals surface area (Å²) in [5.41, 5.74) is 2.31. The Bertz CT molecular complexity index is 919. The highest BCUT2D eigenvalue weighted by atomic mass is 16.5. The number of nitrogens with one attached hydrogen (secondary N) is 3. The van der Waals surface area contributed by atoms with Crippen molar-refractivity contribution in [1.82, 2.24) is 19.9 Å². The fourth-order valence-corrected chi connectivity index (χ4v) is 2.11. The maximum Gasteiger partial charge on any atom is 0.276 e. The zero-order chi connectivity index (χ0) is 18.4. The van der Waals surface area contributed by atoms with Gasteiger partial charge in [0.1, 0.15) is 16.8 Å². The number of hydrogen-bond donors (Lipinski definition) is 3. The Kier molecular flexibility index (Phi) is 5.89.